The zero-order chi connectivity index (χ0) is 22.2. The van der Waals surface area contributed by atoms with E-state index in [1.807, 2.05) is 59.6 Å². The van der Waals surface area contributed by atoms with Crippen LogP contribution in [0.2, 0.25) is 0 Å². The Kier molecular flexibility index (Phi) is 7.40. The molecule has 7 heteroatoms. The van der Waals surface area contributed by atoms with Crippen LogP contribution in [0.1, 0.15) is 24.8 Å². The number of ether oxygens (including phenoxy) is 1. The molecule has 0 bridgehead atoms. The molecule has 0 radical (unpaired) electrons. The number of amides is 2. The molecule has 3 aromatic rings. The van der Waals surface area contributed by atoms with Crippen molar-refractivity contribution in [3.05, 3.63) is 66.5 Å². The SMILES string of the molecule is COc1cccc(CN(CCN2CCCCC2)C(=O)Nc2ccc(-c3cn[nH]c3)cc2)c1. The molecule has 32 heavy (non-hydrogen) atoms. The number of piperidine rings is 1. The number of carbonyl (C=O) groups excluding carboxylic acids is 1. The maximum Gasteiger partial charge on any atom is 0.322 e. The van der Waals surface area contributed by atoms with Gasteiger partial charge in [0.15, 0.2) is 0 Å². The molecule has 1 aliphatic heterocycles. The van der Waals surface area contributed by atoms with Gasteiger partial charge in [0.2, 0.25) is 0 Å². The number of likely N-dealkylation sites (tertiary alicyclic amines) is 1. The molecule has 0 saturated carbocycles. The zero-order valence-electron chi connectivity index (χ0n) is 18.6. The summed E-state index contributed by atoms with van der Waals surface area (Å²) in [6, 6.07) is 15.6. The highest BCUT2D eigenvalue weighted by Gasteiger charge is 2.17. The van der Waals surface area contributed by atoms with Crippen molar-refractivity contribution < 1.29 is 9.53 Å². The third-order valence-electron chi connectivity index (χ3n) is 5.90. The van der Waals surface area contributed by atoms with Gasteiger partial charge in [-0.25, -0.2) is 4.79 Å². The van der Waals surface area contributed by atoms with E-state index in [2.05, 4.69) is 20.4 Å². The number of hydrogen-bond donors (Lipinski definition) is 2. The Morgan fingerprint density at radius 2 is 1.94 bits per heavy atom. The van der Waals surface area contributed by atoms with E-state index in [9.17, 15) is 4.79 Å². The molecule has 0 atom stereocenters. The fraction of sp³-hybridized carbons (Fsp3) is 0.360. The standard InChI is InChI=1S/C25H31N5O2/c1-32-24-7-5-6-20(16-24)19-30(15-14-29-12-3-2-4-13-29)25(31)28-23-10-8-21(9-11-23)22-17-26-27-18-22/h5-11,16-18H,2-4,12-15,19H2,1H3,(H,26,27)(H,28,31). The fourth-order valence-electron chi connectivity index (χ4n) is 4.05. The van der Waals surface area contributed by atoms with Gasteiger partial charge in [0.1, 0.15) is 5.75 Å². The predicted octanol–water partition coefficient (Wildman–Crippen LogP) is 4.61. The molecule has 1 aliphatic rings. The number of carbonyl (C=O) groups is 1. The molecular weight excluding hydrogens is 402 g/mol. The molecule has 1 saturated heterocycles. The summed E-state index contributed by atoms with van der Waals surface area (Å²) in [5, 5.41) is 9.88. The summed E-state index contributed by atoms with van der Waals surface area (Å²) in [7, 11) is 1.66. The van der Waals surface area contributed by atoms with Crippen LogP contribution in [0, 0.1) is 0 Å². The van der Waals surface area contributed by atoms with E-state index in [0.717, 1.165) is 47.8 Å². The van der Waals surface area contributed by atoms with E-state index < -0.39 is 0 Å². The molecule has 0 spiro atoms. The van der Waals surface area contributed by atoms with Gasteiger partial charge in [-0.3, -0.25) is 5.10 Å². The first-order chi connectivity index (χ1) is 15.7. The summed E-state index contributed by atoms with van der Waals surface area (Å²) in [6.45, 7) is 4.32. The summed E-state index contributed by atoms with van der Waals surface area (Å²) < 4.78 is 5.36. The van der Waals surface area contributed by atoms with Gasteiger partial charge >= 0.3 is 6.03 Å². The quantitative estimate of drug-likeness (QED) is 0.544. The number of H-pyrrole nitrogens is 1. The average molecular weight is 434 g/mol. The van der Waals surface area contributed by atoms with E-state index in [-0.39, 0.29) is 6.03 Å². The van der Waals surface area contributed by atoms with Crippen LogP contribution in [0.25, 0.3) is 11.1 Å². The Morgan fingerprint density at radius 1 is 1.12 bits per heavy atom. The molecule has 0 unspecified atom stereocenters. The number of rotatable bonds is 8. The van der Waals surface area contributed by atoms with Gasteiger partial charge in [0.25, 0.3) is 0 Å². The van der Waals surface area contributed by atoms with Crippen molar-refractivity contribution in [1.82, 2.24) is 20.0 Å². The predicted molar refractivity (Wildman–Crippen MR) is 127 cm³/mol. The monoisotopic (exact) mass is 433 g/mol. The van der Waals surface area contributed by atoms with Crippen LogP contribution in [0.15, 0.2) is 60.9 Å². The van der Waals surface area contributed by atoms with Crippen LogP contribution in [0.4, 0.5) is 10.5 Å². The third kappa shape index (κ3) is 5.88. The average Bonchev–Trinajstić information content (AvgIpc) is 3.38. The molecule has 2 aromatic carbocycles. The Bertz CT molecular complexity index is 982. The van der Waals surface area contributed by atoms with E-state index in [1.54, 1.807) is 13.3 Å². The lowest BCUT2D eigenvalue weighted by Gasteiger charge is -2.30. The highest BCUT2D eigenvalue weighted by atomic mass is 16.5. The van der Waals surface area contributed by atoms with E-state index in [1.165, 1.54) is 19.3 Å². The number of methoxy groups -OCH3 is 1. The Labute approximate surface area is 189 Å². The van der Waals surface area contributed by atoms with Crippen molar-refractivity contribution in [2.24, 2.45) is 0 Å². The molecular formula is C25H31N5O2. The minimum absolute atomic E-state index is 0.0964. The van der Waals surface area contributed by atoms with Gasteiger partial charge < -0.3 is 19.9 Å². The Morgan fingerprint density at radius 3 is 2.66 bits per heavy atom. The number of hydrogen-bond acceptors (Lipinski definition) is 4. The topological polar surface area (TPSA) is 73.5 Å². The lowest BCUT2D eigenvalue weighted by atomic mass is 10.1. The first-order valence-electron chi connectivity index (χ1n) is 11.2. The second-order valence-electron chi connectivity index (χ2n) is 8.17. The summed E-state index contributed by atoms with van der Waals surface area (Å²) in [5.74, 6) is 0.800. The van der Waals surface area contributed by atoms with Crippen molar-refractivity contribution >= 4 is 11.7 Å². The van der Waals surface area contributed by atoms with Crippen LogP contribution < -0.4 is 10.1 Å². The van der Waals surface area contributed by atoms with E-state index in [4.69, 9.17) is 4.74 Å². The first kappa shape index (κ1) is 21.9. The number of benzene rings is 2. The number of aromatic amines is 1. The van der Waals surface area contributed by atoms with Gasteiger partial charge in [0.05, 0.1) is 13.3 Å². The number of nitrogens with one attached hydrogen (secondary N) is 2. The van der Waals surface area contributed by atoms with Gasteiger partial charge in [0, 0.05) is 37.1 Å². The number of anilines is 1. The lowest BCUT2D eigenvalue weighted by molar-refractivity contribution is 0.178. The maximum absolute atomic E-state index is 13.2. The summed E-state index contributed by atoms with van der Waals surface area (Å²) in [5.41, 5.74) is 3.89. The molecule has 2 N–H and O–H groups in total. The van der Waals surface area contributed by atoms with Crippen molar-refractivity contribution in [3.63, 3.8) is 0 Å². The van der Waals surface area contributed by atoms with Crippen LogP contribution in [-0.4, -0.2) is 59.3 Å². The van der Waals surface area contributed by atoms with Gasteiger partial charge in [-0.2, -0.15) is 5.10 Å². The Balaban J connectivity index is 1.43. The smallest absolute Gasteiger partial charge is 0.322 e. The molecule has 168 valence electrons. The van der Waals surface area contributed by atoms with Gasteiger partial charge in [-0.1, -0.05) is 30.7 Å². The third-order valence-corrected chi connectivity index (χ3v) is 5.90. The fourth-order valence-corrected chi connectivity index (χ4v) is 4.05. The second-order valence-corrected chi connectivity index (χ2v) is 8.17. The van der Waals surface area contributed by atoms with E-state index in [0.29, 0.717) is 13.1 Å². The van der Waals surface area contributed by atoms with Crippen LogP contribution in [0.3, 0.4) is 0 Å². The lowest BCUT2D eigenvalue weighted by Crippen LogP contribution is -2.41. The number of nitrogens with zero attached hydrogens (tertiary/aromatic N) is 3. The highest BCUT2D eigenvalue weighted by Crippen LogP contribution is 2.21. The maximum atomic E-state index is 13.2. The van der Waals surface area contributed by atoms with Gasteiger partial charge in [-0.05, 0) is 61.3 Å². The molecule has 0 aliphatic carbocycles. The summed E-state index contributed by atoms with van der Waals surface area (Å²) in [4.78, 5) is 17.5. The van der Waals surface area contributed by atoms with Crippen molar-refractivity contribution in [2.75, 3.05) is 38.6 Å². The summed E-state index contributed by atoms with van der Waals surface area (Å²) >= 11 is 0. The van der Waals surface area contributed by atoms with Crippen molar-refractivity contribution in [3.8, 4) is 16.9 Å². The summed E-state index contributed by atoms with van der Waals surface area (Å²) in [6.07, 6.45) is 7.42. The van der Waals surface area contributed by atoms with Crippen molar-refractivity contribution in [2.45, 2.75) is 25.8 Å². The molecule has 1 fully saturated rings. The van der Waals surface area contributed by atoms with Crippen LogP contribution >= 0.6 is 0 Å². The normalized spacial score (nSPS) is 14.2. The van der Waals surface area contributed by atoms with Crippen LogP contribution in [-0.2, 0) is 6.54 Å². The number of aromatic nitrogens is 2. The van der Waals surface area contributed by atoms with E-state index >= 15 is 0 Å². The highest BCUT2D eigenvalue weighted by molar-refractivity contribution is 5.89. The first-order valence-corrected chi connectivity index (χ1v) is 11.2. The Hall–Kier alpha value is -3.32. The molecule has 1 aromatic heterocycles. The van der Waals surface area contributed by atoms with Gasteiger partial charge in [-0.15, -0.1) is 0 Å². The molecule has 4 rings (SSSR count). The van der Waals surface area contributed by atoms with Crippen molar-refractivity contribution in [1.29, 1.82) is 0 Å². The molecule has 2 amide bonds. The minimum Gasteiger partial charge on any atom is -0.497 e. The largest absolute Gasteiger partial charge is 0.497 e. The zero-order valence-corrected chi connectivity index (χ0v) is 18.6. The molecule has 7 nitrogen and oxygen atoms in total. The van der Waals surface area contributed by atoms with Crippen LogP contribution in [0.5, 0.6) is 5.75 Å². The number of urea groups is 1. The minimum atomic E-state index is -0.0964. The second kappa shape index (κ2) is 10.8. The molecule has 2 heterocycles.